The van der Waals surface area contributed by atoms with Gasteiger partial charge in [-0.25, -0.2) is 0 Å². The van der Waals surface area contributed by atoms with Crippen LogP contribution in [0.5, 0.6) is 0 Å². The number of hydrogen-bond acceptors (Lipinski definition) is 3. The van der Waals surface area contributed by atoms with Crippen molar-refractivity contribution in [3.8, 4) is 0 Å². The minimum Gasteiger partial charge on any atom is -0.469 e. The number of rotatable bonds is 6. The van der Waals surface area contributed by atoms with Crippen LogP contribution in [-0.4, -0.2) is 25.5 Å². The van der Waals surface area contributed by atoms with E-state index in [9.17, 15) is 4.79 Å². The van der Waals surface area contributed by atoms with E-state index in [0.717, 1.165) is 24.3 Å². The predicted octanol–water partition coefficient (Wildman–Crippen LogP) is 1.90. The number of guanidine groups is 1. The number of carbonyl (C=O) groups excluding carboxylic acids is 1. The number of nitrogens with two attached hydrogens (primary N) is 1. The van der Waals surface area contributed by atoms with Gasteiger partial charge in [-0.2, -0.15) is 0 Å². The molecule has 0 aliphatic heterocycles. The Morgan fingerprint density at radius 1 is 1.22 bits per heavy atom. The van der Waals surface area contributed by atoms with E-state index in [-0.39, 0.29) is 24.0 Å². The molecule has 0 radical (unpaired) electrons. The van der Waals surface area contributed by atoms with Crippen LogP contribution < -0.4 is 16.4 Å². The predicted molar refractivity (Wildman–Crippen MR) is 101 cm³/mol. The SMILES string of the molecule is CN=C(NCCc1ccco1)NCc1ccc(C(N)=O)cc1.I. The Morgan fingerprint density at radius 2 is 1.96 bits per heavy atom. The third-order valence-corrected chi connectivity index (χ3v) is 3.17. The lowest BCUT2D eigenvalue weighted by Gasteiger charge is -2.11. The standard InChI is InChI=1S/C16H20N4O2.HI/c1-18-16(19-9-8-14-3-2-10-22-14)20-11-12-4-6-13(7-5-12)15(17)21;/h2-7,10H,8-9,11H2,1H3,(H2,17,21)(H2,18,19,20);1H. The van der Waals surface area contributed by atoms with Crippen molar-refractivity contribution in [2.24, 2.45) is 10.7 Å². The van der Waals surface area contributed by atoms with Gasteiger partial charge in [0.05, 0.1) is 6.26 Å². The monoisotopic (exact) mass is 428 g/mol. The lowest BCUT2D eigenvalue weighted by Crippen LogP contribution is -2.37. The van der Waals surface area contributed by atoms with Crippen LogP contribution in [0.25, 0.3) is 0 Å². The van der Waals surface area contributed by atoms with Gasteiger partial charge in [0.2, 0.25) is 5.91 Å². The molecule has 0 unspecified atom stereocenters. The summed E-state index contributed by atoms with van der Waals surface area (Å²) in [5, 5.41) is 6.42. The second-order valence-electron chi connectivity index (χ2n) is 4.74. The van der Waals surface area contributed by atoms with Gasteiger partial charge in [-0.05, 0) is 29.8 Å². The first-order chi connectivity index (χ1) is 10.7. The van der Waals surface area contributed by atoms with Crippen molar-refractivity contribution in [2.45, 2.75) is 13.0 Å². The Bertz CT molecular complexity index is 624. The van der Waals surface area contributed by atoms with E-state index in [1.54, 1.807) is 25.4 Å². The number of nitrogens with zero attached hydrogens (tertiary/aromatic N) is 1. The van der Waals surface area contributed by atoms with E-state index in [4.69, 9.17) is 10.2 Å². The zero-order valence-corrected chi connectivity index (χ0v) is 15.2. The maximum Gasteiger partial charge on any atom is 0.248 e. The molecule has 1 heterocycles. The number of aliphatic imine (C=N–C) groups is 1. The molecule has 1 amide bonds. The van der Waals surface area contributed by atoms with Crippen LogP contribution in [0, 0.1) is 0 Å². The van der Waals surface area contributed by atoms with Gasteiger partial charge in [0.1, 0.15) is 5.76 Å². The lowest BCUT2D eigenvalue weighted by atomic mass is 10.1. The molecule has 2 aromatic rings. The van der Waals surface area contributed by atoms with Gasteiger partial charge in [0, 0.05) is 32.1 Å². The number of furan rings is 1. The van der Waals surface area contributed by atoms with E-state index in [1.807, 2.05) is 24.3 Å². The highest BCUT2D eigenvalue weighted by Crippen LogP contribution is 2.03. The van der Waals surface area contributed by atoms with Gasteiger partial charge in [0.15, 0.2) is 5.96 Å². The minimum absolute atomic E-state index is 0. The number of halogens is 1. The summed E-state index contributed by atoms with van der Waals surface area (Å²) in [5.41, 5.74) is 6.76. The summed E-state index contributed by atoms with van der Waals surface area (Å²) in [7, 11) is 1.72. The first-order valence-corrected chi connectivity index (χ1v) is 7.04. The zero-order chi connectivity index (χ0) is 15.8. The quantitative estimate of drug-likeness (QED) is 0.372. The van der Waals surface area contributed by atoms with Crippen LogP contribution in [0.4, 0.5) is 0 Å². The highest BCUT2D eigenvalue weighted by Gasteiger charge is 2.02. The van der Waals surface area contributed by atoms with Crippen LogP contribution in [0.2, 0.25) is 0 Å². The summed E-state index contributed by atoms with van der Waals surface area (Å²) in [6.07, 6.45) is 2.46. The Hall–Kier alpha value is -2.03. The second kappa shape index (κ2) is 9.88. The molecular weight excluding hydrogens is 407 g/mol. The van der Waals surface area contributed by atoms with Crippen LogP contribution in [-0.2, 0) is 13.0 Å². The first kappa shape index (κ1) is 19.0. The number of carbonyl (C=O) groups is 1. The van der Waals surface area contributed by atoms with E-state index >= 15 is 0 Å². The van der Waals surface area contributed by atoms with E-state index < -0.39 is 5.91 Å². The van der Waals surface area contributed by atoms with Gasteiger partial charge >= 0.3 is 0 Å². The summed E-state index contributed by atoms with van der Waals surface area (Å²) in [5.74, 6) is 1.23. The maximum atomic E-state index is 11.0. The summed E-state index contributed by atoms with van der Waals surface area (Å²) in [6.45, 7) is 1.34. The van der Waals surface area contributed by atoms with Gasteiger partial charge in [-0.1, -0.05) is 12.1 Å². The summed E-state index contributed by atoms with van der Waals surface area (Å²) < 4.78 is 5.27. The molecule has 0 fully saturated rings. The van der Waals surface area contributed by atoms with Crippen LogP contribution in [0.1, 0.15) is 21.7 Å². The largest absolute Gasteiger partial charge is 0.469 e. The van der Waals surface area contributed by atoms with E-state index in [1.165, 1.54) is 0 Å². The Kier molecular flexibility index (Phi) is 8.17. The highest BCUT2D eigenvalue weighted by atomic mass is 127. The van der Waals surface area contributed by atoms with Crippen molar-refractivity contribution in [3.05, 3.63) is 59.5 Å². The smallest absolute Gasteiger partial charge is 0.248 e. The molecule has 0 bridgehead atoms. The molecule has 0 aliphatic carbocycles. The highest BCUT2D eigenvalue weighted by molar-refractivity contribution is 14.0. The van der Waals surface area contributed by atoms with Crippen molar-refractivity contribution in [3.63, 3.8) is 0 Å². The number of benzene rings is 1. The second-order valence-corrected chi connectivity index (χ2v) is 4.74. The fraction of sp³-hybridized carbons (Fsp3) is 0.250. The van der Waals surface area contributed by atoms with Gasteiger partial charge < -0.3 is 20.8 Å². The average molecular weight is 428 g/mol. The van der Waals surface area contributed by atoms with Gasteiger partial charge in [-0.3, -0.25) is 9.79 Å². The molecule has 4 N–H and O–H groups in total. The van der Waals surface area contributed by atoms with Crippen LogP contribution >= 0.6 is 24.0 Å². The fourth-order valence-electron chi connectivity index (χ4n) is 1.95. The Morgan fingerprint density at radius 3 is 2.52 bits per heavy atom. The third kappa shape index (κ3) is 6.31. The zero-order valence-electron chi connectivity index (χ0n) is 12.9. The molecule has 7 heteroatoms. The lowest BCUT2D eigenvalue weighted by molar-refractivity contribution is 0.100. The molecule has 6 nitrogen and oxygen atoms in total. The number of primary amides is 1. The molecule has 1 aromatic heterocycles. The normalized spacial score (nSPS) is 10.7. The van der Waals surface area contributed by atoms with Crippen molar-refractivity contribution < 1.29 is 9.21 Å². The van der Waals surface area contributed by atoms with Crippen LogP contribution in [0.15, 0.2) is 52.1 Å². The first-order valence-electron chi connectivity index (χ1n) is 7.04. The van der Waals surface area contributed by atoms with E-state index in [0.29, 0.717) is 18.1 Å². The molecule has 0 spiro atoms. The number of hydrogen-bond donors (Lipinski definition) is 3. The van der Waals surface area contributed by atoms with Crippen molar-refractivity contribution in [1.29, 1.82) is 0 Å². The molecular formula is C16H21IN4O2. The molecule has 0 atom stereocenters. The van der Waals surface area contributed by atoms with Crippen molar-refractivity contribution >= 4 is 35.8 Å². The van der Waals surface area contributed by atoms with Gasteiger partial charge in [0.25, 0.3) is 0 Å². The van der Waals surface area contributed by atoms with Crippen LogP contribution in [0.3, 0.4) is 0 Å². The number of nitrogens with one attached hydrogen (secondary N) is 2. The Labute approximate surface area is 152 Å². The molecule has 0 saturated carbocycles. The summed E-state index contributed by atoms with van der Waals surface area (Å²) in [4.78, 5) is 15.2. The van der Waals surface area contributed by atoms with Gasteiger partial charge in [-0.15, -0.1) is 24.0 Å². The van der Waals surface area contributed by atoms with E-state index in [2.05, 4.69) is 15.6 Å². The fourth-order valence-corrected chi connectivity index (χ4v) is 1.95. The van der Waals surface area contributed by atoms with Crippen molar-refractivity contribution in [2.75, 3.05) is 13.6 Å². The minimum atomic E-state index is -0.421. The maximum absolute atomic E-state index is 11.0. The molecule has 0 saturated heterocycles. The summed E-state index contributed by atoms with van der Waals surface area (Å²) >= 11 is 0. The Balaban J connectivity index is 0.00000264. The molecule has 1 aromatic carbocycles. The third-order valence-electron chi connectivity index (χ3n) is 3.17. The average Bonchev–Trinajstić information content (AvgIpc) is 3.04. The number of amides is 1. The van der Waals surface area contributed by atoms with Crippen molar-refractivity contribution in [1.82, 2.24) is 10.6 Å². The topological polar surface area (TPSA) is 92.7 Å². The molecule has 2 rings (SSSR count). The summed E-state index contributed by atoms with van der Waals surface area (Å²) in [6, 6.07) is 11.0. The molecule has 0 aliphatic rings. The molecule has 124 valence electrons. The molecule has 23 heavy (non-hydrogen) atoms.